The highest BCUT2D eigenvalue weighted by molar-refractivity contribution is 6.52. The summed E-state index contributed by atoms with van der Waals surface area (Å²) in [6.45, 7) is 1.16. The average molecular weight is 366 g/mol. The van der Waals surface area contributed by atoms with Crippen molar-refractivity contribution in [2.45, 2.75) is 6.42 Å². The Morgan fingerprint density at radius 2 is 1.92 bits per heavy atom. The zero-order chi connectivity index (χ0) is 18.1. The number of nitrogens with one attached hydrogen (secondary N) is 1. The number of rotatable bonds is 5. The maximum atomic E-state index is 12.2. The van der Waals surface area contributed by atoms with Crippen LogP contribution < -0.4 is 10.2 Å². The molecule has 1 aliphatic rings. The Morgan fingerprint density at radius 1 is 1.08 bits per heavy atom. The normalized spacial score (nSPS) is 13.3. The number of amides is 1. The van der Waals surface area contributed by atoms with Gasteiger partial charge in [0, 0.05) is 35.4 Å². The van der Waals surface area contributed by atoms with Gasteiger partial charge in [0.05, 0.1) is 16.8 Å². The molecule has 1 N–H and O–H groups in total. The Balaban J connectivity index is 1.42. The first-order valence-corrected chi connectivity index (χ1v) is 8.76. The SMILES string of the molecule is O=C1C(=O)N(CCCNc2ccnc3cc(Cl)ccc23)c2ccccc21. The Hall–Kier alpha value is -2.92. The minimum atomic E-state index is -0.449. The number of carbonyl (C=O) groups is 2. The molecule has 3 aromatic rings. The van der Waals surface area contributed by atoms with E-state index in [1.54, 1.807) is 23.2 Å². The van der Waals surface area contributed by atoms with Gasteiger partial charge in [0.2, 0.25) is 0 Å². The van der Waals surface area contributed by atoms with Crippen LogP contribution in [0.4, 0.5) is 11.4 Å². The second-order valence-corrected chi connectivity index (χ2v) is 6.54. The number of aromatic nitrogens is 1. The number of nitrogens with zero attached hydrogens (tertiary/aromatic N) is 2. The standard InChI is InChI=1S/C20H16ClN3O2/c21-13-6-7-14-16(8-10-23-17(14)12-13)22-9-3-11-24-18-5-2-1-4-15(18)19(25)20(24)26/h1-2,4-8,10,12H,3,9,11H2,(H,22,23). The van der Waals surface area contributed by atoms with E-state index in [4.69, 9.17) is 11.6 Å². The number of fused-ring (bicyclic) bond motifs is 2. The van der Waals surface area contributed by atoms with Crippen molar-refractivity contribution >= 4 is 45.6 Å². The zero-order valence-electron chi connectivity index (χ0n) is 13.9. The van der Waals surface area contributed by atoms with Crippen LogP contribution in [-0.2, 0) is 4.79 Å². The predicted molar refractivity (Wildman–Crippen MR) is 103 cm³/mol. The number of Topliss-reactive ketones (excluding diaryl/α,β-unsaturated/α-hetero) is 1. The Morgan fingerprint density at radius 3 is 2.81 bits per heavy atom. The highest BCUT2D eigenvalue weighted by atomic mass is 35.5. The van der Waals surface area contributed by atoms with Gasteiger partial charge in [-0.15, -0.1) is 0 Å². The Labute approximate surface area is 155 Å². The molecule has 0 saturated heterocycles. The molecule has 0 radical (unpaired) electrons. The molecule has 0 fully saturated rings. The highest BCUT2D eigenvalue weighted by Gasteiger charge is 2.34. The third-order valence-electron chi connectivity index (χ3n) is 4.46. The largest absolute Gasteiger partial charge is 0.384 e. The lowest BCUT2D eigenvalue weighted by Crippen LogP contribution is -2.31. The molecule has 2 heterocycles. The molecule has 6 heteroatoms. The van der Waals surface area contributed by atoms with E-state index < -0.39 is 11.7 Å². The van der Waals surface area contributed by atoms with Crippen molar-refractivity contribution in [3.8, 4) is 0 Å². The molecule has 1 aromatic heterocycles. The summed E-state index contributed by atoms with van der Waals surface area (Å²) in [6.07, 6.45) is 2.45. The first-order chi connectivity index (χ1) is 12.6. The maximum absolute atomic E-state index is 12.2. The smallest absolute Gasteiger partial charge is 0.299 e. The quantitative estimate of drug-likeness (QED) is 0.550. The number of halogens is 1. The van der Waals surface area contributed by atoms with Gasteiger partial charge in [0.1, 0.15) is 0 Å². The number of para-hydroxylation sites is 1. The zero-order valence-corrected chi connectivity index (χ0v) is 14.7. The summed E-state index contributed by atoms with van der Waals surface area (Å²) in [4.78, 5) is 30.1. The fourth-order valence-electron chi connectivity index (χ4n) is 3.21. The molecule has 0 atom stereocenters. The maximum Gasteiger partial charge on any atom is 0.299 e. The van der Waals surface area contributed by atoms with Gasteiger partial charge in [-0.2, -0.15) is 0 Å². The monoisotopic (exact) mass is 365 g/mol. The number of ketones is 1. The van der Waals surface area contributed by atoms with Gasteiger partial charge in [-0.05, 0) is 42.8 Å². The number of hydrogen-bond acceptors (Lipinski definition) is 4. The Kier molecular flexibility index (Phi) is 4.31. The van der Waals surface area contributed by atoms with Crippen LogP contribution in [0.2, 0.25) is 5.02 Å². The van der Waals surface area contributed by atoms with Gasteiger partial charge < -0.3 is 10.2 Å². The summed E-state index contributed by atoms with van der Waals surface area (Å²) >= 11 is 6.01. The minimum Gasteiger partial charge on any atom is -0.384 e. The summed E-state index contributed by atoms with van der Waals surface area (Å²) in [6, 6.07) is 14.6. The van der Waals surface area contributed by atoms with E-state index in [0.29, 0.717) is 35.8 Å². The molecule has 1 amide bonds. The first kappa shape index (κ1) is 16.5. The molecule has 0 bridgehead atoms. The highest BCUT2D eigenvalue weighted by Crippen LogP contribution is 2.28. The van der Waals surface area contributed by atoms with Crippen molar-refractivity contribution in [2.75, 3.05) is 23.3 Å². The number of anilines is 2. The van der Waals surface area contributed by atoms with Crippen molar-refractivity contribution in [2.24, 2.45) is 0 Å². The third kappa shape index (κ3) is 2.91. The number of pyridine rings is 1. The number of hydrogen-bond donors (Lipinski definition) is 1. The van der Waals surface area contributed by atoms with E-state index in [9.17, 15) is 9.59 Å². The molecule has 4 rings (SSSR count). The lowest BCUT2D eigenvalue weighted by molar-refractivity contribution is -0.114. The molecule has 1 aliphatic heterocycles. The van der Waals surface area contributed by atoms with Crippen LogP contribution in [0, 0.1) is 0 Å². The van der Waals surface area contributed by atoms with Crippen LogP contribution >= 0.6 is 11.6 Å². The van der Waals surface area contributed by atoms with E-state index in [-0.39, 0.29) is 0 Å². The third-order valence-corrected chi connectivity index (χ3v) is 4.69. The van der Waals surface area contributed by atoms with Crippen LogP contribution in [0.25, 0.3) is 10.9 Å². The van der Waals surface area contributed by atoms with E-state index in [1.165, 1.54) is 0 Å². The molecular formula is C20H16ClN3O2. The van der Waals surface area contributed by atoms with Crippen molar-refractivity contribution in [3.63, 3.8) is 0 Å². The predicted octanol–water partition coefficient (Wildman–Crippen LogP) is 3.92. The van der Waals surface area contributed by atoms with Gasteiger partial charge in [-0.25, -0.2) is 0 Å². The number of carbonyl (C=O) groups excluding carboxylic acids is 2. The topological polar surface area (TPSA) is 62.3 Å². The van der Waals surface area contributed by atoms with Crippen LogP contribution in [-0.4, -0.2) is 29.8 Å². The second kappa shape index (κ2) is 6.77. The van der Waals surface area contributed by atoms with E-state index >= 15 is 0 Å². The van der Waals surface area contributed by atoms with E-state index in [2.05, 4.69) is 10.3 Å². The first-order valence-electron chi connectivity index (χ1n) is 8.38. The van der Waals surface area contributed by atoms with Crippen molar-refractivity contribution < 1.29 is 9.59 Å². The lowest BCUT2D eigenvalue weighted by atomic mass is 10.1. The summed E-state index contributed by atoms with van der Waals surface area (Å²) in [7, 11) is 0. The Bertz CT molecular complexity index is 1020. The van der Waals surface area contributed by atoms with E-state index in [1.807, 2.05) is 36.4 Å². The van der Waals surface area contributed by atoms with Crippen LogP contribution in [0.3, 0.4) is 0 Å². The van der Waals surface area contributed by atoms with Crippen LogP contribution in [0.1, 0.15) is 16.8 Å². The van der Waals surface area contributed by atoms with Gasteiger partial charge in [-0.3, -0.25) is 14.6 Å². The second-order valence-electron chi connectivity index (χ2n) is 6.10. The molecule has 0 saturated carbocycles. The molecule has 0 unspecified atom stereocenters. The molecule has 130 valence electrons. The number of benzene rings is 2. The lowest BCUT2D eigenvalue weighted by Gasteiger charge is -2.17. The summed E-state index contributed by atoms with van der Waals surface area (Å²) in [5, 5.41) is 5.02. The molecule has 0 spiro atoms. The minimum absolute atomic E-state index is 0.425. The summed E-state index contributed by atoms with van der Waals surface area (Å²) < 4.78 is 0. The molecule has 2 aromatic carbocycles. The van der Waals surface area contributed by atoms with Gasteiger partial charge >= 0.3 is 0 Å². The van der Waals surface area contributed by atoms with E-state index in [0.717, 1.165) is 16.6 Å². The van der Waals surface area contributed by atoms with Crippen LogP contribution in [0.5, 0.6) is 0 Å². The van der Waals surface area contributed by atoms with Gasteiger partial charge in [0.25, 0.3) is 11.7 Å². The van der Waals surface area contributed by atoms with Gasteiger partial charge in [0.15, 0.2) is 0 Å². The van der Waals surface area contributed by atoms with Crippen molar-refractivity contribution in [3.05, 3.63) is 65.3 Å². The summed E-state index contributed by atoms with van der Waals surface area (Å²) in [5.41, 5.74) is 2.99. The molecule has 26 heavy (non-hydrogen) atoms. The molecule has 0 aliphatic carbocycles. The average Bonchev–Trinajstić information content (AvgIpc) is 2.90. The van der Waals surface area contributed by atoms with Gasteiger partial charge in [-0.1, -0.05) is 23.7 Å². The molecular weight excluding hydrogens is 350 g/mol. The summed E-state index contributed by atoms with van der Waals surface area (Å²) in [5.74, 6) is -0.874. The molecule has 5 nitrogen and oxygen atoms in total. The van der Waals surface area contributed by atoms with Crippen molar-refractivity contribution in [1.82, 2.24) is 4.98 Å². The van der Waals surface area contributed by atoms with Crippen LogP contribution in [0.15, 0.2) is 54.7 Å². The fraction of sp³-hybridized carbons (Fsp3) is 0.150. The van der Waals surface area contributed by atoms with Crippen molar-refractivity contribution in [1.29, 1.82) is 0 Å². The fourth-order valence-corrected chi connectivity index (χ4v) is 3.37.